The van der Waals surface area contributed by atoms with Crippen LogP contribution in [0.25, 0.3) is 0 Å². The molecule has 0 aromatic carbocycles. The summed E-state index contributed by atoms with van der Waals surface area (Å²) in [5, 5.41) is 0. The second-order valence-electron chi connectivity index (χ2n) is 6.22. The molecule has 0 heterocycles. The zero-order valence-corrected chi connectivity index (χ0v) is 14.0. The van der Waals surface area contributed by atoms with E-state index in [1.807, 2.05) is 0 Å². The summed E-state index contributed by atoms with van der Waals surface area (Å²) < 4.78 is 5.16. The van der Waals surface area contributed by atoms with Crippen molar-refractivity contribution < 1.29 is 9.53 Å². The Morgan fingerprint density at radius 1 is 1.00 bits per heavy atom. The monoisotopic (exact) mass is 282 g/mol. The lowest BCUT2D eigenvalue weighted by Crippen LogP contribution is -2.13. The molecule has 0 saturated heterocycles. The molecule has 2 unspecified atom stereocenters. The number of carbonyl (C=O) groups excluding carboxylic acids is 1. The Morgan fingerprint density at radius 3 is 2.15 bits per heavy atom. The molecular weight excluding hydrogens is 248 g/mol. The van der Waals surface area contributed by atoms with Gasteiger partial charge in [0.15, 0.2) is 0 Å². The van der Waals surface area contributed by atoms with E-state index in [2.05, 4.69) is 27.4 Å². The van der Waals surface area contributed by atoms with Gasteiger partial charge in [-0.05, 0) is 25.2 Å². The molecule has 0 aliphatic carbocycles. The smallest absolute Gasteiger partial charge is 0.333 e. The van der Waals surface area contributed by atoms with Crippen LogP contribution in [0, 0.1) is 11.8 Å². The van der Waals surface area contributed by atoms with Crippen LogP contribution < -0.4 is 0 Å². The molecule has 0 saturated carbocycles. The van der Waals surface area contributed by atoms with Crippen LogP contribution in [0.5, 0.6) is 0 Å². The van der Waals surface area contributed by atoms with Crippen molar-refractivity contribution in [2.75, 3.05) is 6.61 Å². The quantitative estimate of drug-likeness (QED) is 0.268. The molecule has 0 aromatic heterocycles. The number of hydrogen-bond acceptors (Lipinski definition) is 2. The zero-order valence-electron chi connectivity index (χ0n) is 14.0. The zero-order chi connectivity index (χ0) is 15.4. The predicted octanol–water partition coefficient (Wildman–Crippen LogP) is 5.52. The molecule has 0 aromatic rings. The van der Waals surface area contributed by atoms with Crippen LogP contribution in [0.15, 0.2) is 12.2 Å². The lowest BCUT2D eigenvalue weighted by Gasteiger charge is -2.19. The Bertz CT molecular complexity index is 271. The molecule has 118 valence electrons. The van der Waals surface area contributed by atoms with Crippen molar-refractivity contribution in [3.63, 3.8) is 0 Å². The van der Waals surface area contributed by atoms with Crippen LogP contribution >= 0.6 is 0 Å². The van der Waals surface area contributed by atoms with Gasteiger partial charge in [0.2, 0.25) is 0 Å². The first-order chi connectivity index (χ1) is 9.49. The van der Waals surface area contributed by atoms with Gasteiger partial charge in [0, 0.05) is 5.57 Å². The third-order valence-corrected chi connectivity index (χ3v) is 4.14. The van der Waals surface area contributed by atoms with E-state index in [1.165, 1.54) is 44.9 Å². The Hall–Kier alpha value is -0.790. The van der Waals surface area contributed by atoms with Crippen LogP contribution in [-0.4, -0.2) is 12.6 Å². The summed E-state index contributed by atoms with van der Waals surface area (Å²) in [6.45, 7) is 12.6. The largest absolute Gasteiger partial charge is 0.462 e. The molecule has 0 bridgehead atoms. The van der Waals surface area contributed by atoms with Crippen molar-refractivity contribution in [3.8, 4) is 0 Å². The van der Waals surface area contributed by atoms with Crippen LogP contribution in [0.3, 0.4) is 0 Å². The van der Waals surface area contributed by atoms with Crippen LogP contribution in [0.4, 0.5) is 0 Å². The Morgan fingerprint density at radius 2 is 1.55 bits per heavy atom. The Labute approximate surface area is 126 Å². The number of carbonyl (C=O) groups is 1. The summed E-state index contributed by atoms with van der Waals surface area (Å²) in [7, 11) is 0. The van der Waals surface area contributed by atoms with Gasteiger partial charge in [-0.2, -0.15) is 0 Å². The van der Waals surface area contributed by atoms with Gasteiger partial charge in [-0.1, -0.05) is 72.3 Å². The van der Waals surface area contributed by atoms with E-state index >= 15 is 0 Å². The maximum atomic E-state index is 11.3. The molecule has 0 radical (unpaired) electrons. The SMILES string of the molecule is C=C(C)C(=O)OCCC(C)C(C)CCCCCCCC. The van der Waals surface area contributed by atoms with E-state index in [-0.39, 0.29) is 5.97 Å². The molecule has 0 aliphatic rings. The maximum absolute atomic E-state index is 11.3. The topological polar surface area (TPSA) is 26.3 Å². The number of esters is 1. The highest BCUT2D eigenvalue weighted by Crippen LogP contribution is 2.22. The molecule has 0 spiro atoms. The van der Waals surface area contributed by atoms with Crippen molar-refractivity contribution in [1.29, 1.82) is 0 Å². The molecular formula is C18H34O2. The molecule has 0 rings (SSSR count). The second kappa shape index (κ2) is 12.0. The number of rotatable bonds is 12. The number of ether oxygens (including phenoxy) is 1. The van der Waals surface area contributed by atoms with E-state index in [4.69, 9.17) is 4.74 Å². The van der Waals surface area contributed by atoms with Gasteiger partial charge in [-0.3, -0.25) is 0 Å². The first-order valence-electron chi connectivity index (χ1n) is 8.31. The van der Waals surface area contributed by atoms with Gasteiger partial charge >= 0.3 is 5.97 Å². The predicted molar refractivity (Wildman–Crippen MR) is 86.7 cm³/mol. The summed E-state index contributed by atoms with van der Waals surface area (Å²) in [6.07, 6.45) is 10.4. The van der Waals surface area contributed by atoms with E-state index < -0.39 is 0 Å². The van der Waals surface area contributed by atoms with Crippen molar-refractivity contribution >= 4 is 5.97 Å². The third kappa shape index (κ3) is 10.1. The first kappa shape index (κ1) is 19.2. The fourth-order valence-electron chi connectivity index (χ4n) is 2.28. The van der Waals surface area contributed by atoms with Crippen molar-refractivity contribution in [3.05, 3.63) is 12.2 Å². The summed E-state index contributed by atoms with van der Waals surface area (Å²) in [4.78, 5) is 11.3. The second-order valence-corrected chi connectivity index (χ2v) is 6.22. The Balaban J connectivity index is 3.58. The molecule has 20 heavy (non-hydrogen) atoms. The fraction of sp³-hybridized carbons (Fsp3) is 0.833. The summed E-state index contributed by atoms with van der Waals surface area (Å²) in [5.74, 6) is 1.06. The molecule has 2 nitrogen and oxygen atoms in total. The highest BCUT2D eigenvalue weighted by Gasteiger charge is 2.13. The lowest BCUT2D eigenvalue weighted by atomic mass is 9.88. The summed E-state index contributed by atoms with van der Waals surface area (Å²) in [6, 6.07) is 0. The molecule has 0 fully saturated rings. The van der Waals surface area contributed by atoms with Gasteiger partial charge in [-0.15, -0.1) is 0 Å². The van der Waals surface area contributed by atoms with Gasteiger partial charge < -0.3 is 4.74 Å². The van der Waals surface area contributed by atoms with Crippen molar-refractivity contribution in [2.24, 2.45) is 11.8 Å². The van der Waals surface area contributed by atoms with E-state index in [0.29, 0.717) is 24.0 Å². The number of unbranched alkanes of at least 4 members (excludes halogenated alkanes) is 5. The van der Waals surface area contributed by atoms with Gasteiger partial charge in [0.1, 0.15) is 0 Å². The Kier molecular flexibility index (Phi) is 11.5. The minimum Gasteiger partial charge on any atom is -0.462 e. The summed E-state index contributed by atoms with van der Waals surface area (Å²) >= 11 is 0. The van der Waals surface area contributed by atoms with E-state index in [1.54, 1.807) is 6.92 Å². The lowest BCUT2D eigenvalue weighted by molar-refractivity contribution is -0.139. The van der Waals surface area contributed by atoms with E-state index in [9.17, 15) is 4.79 Å². The van der Waals surface area contributed by atoms with Crippen LogP contribution in [0.2, 0.25) is 0 Å². The molecule has 0 aliphatic heterocycles. The van der Waals surface area contributed by atoms with Crippen LogP contribution in [-0.2, 0) is 9.53 Å². The van der Waals surface area contributed by atoms with Gasteiger partial charge in [0.25, 0.3) is 0 Å². The van der Waals surface area contributed by atoms with Gasteiger partial charge in [-0.25, -0.2) is 4.79 Å². The van der Waals surface area contributed by atoms with Gasteiger partial charge in [0.05, 0.1) is 6.61 Å². The molecule has 2 atom stereocenters. The van der Waals surface area contributed by atoms with Crippen molar-refractivity contribution in [1.82, 2.24) is 0 Å². The molecule has 2 heteroatoms. The molecule has 0 amide bonds. The highest BCUT2D eigenvalue weighted by molar-refractivity contribution is 5.86. The van der Waals surface area contributed by atoms with Crippen LogP contribution in [0.1, 0.15) is 79.1 Å². The van der Waals surface area contributed by atoms with Crippen molar-refractivity contribution in [2.45, 2.75) is 79.1 Å². The minimum atomic E-state index is -0.263. The summed E-state index contributed by atoms with van der Waals surface area (Å²) in [5.41, 5.74) is 0.484. The fourth-order valence-corrected chi connectivity index (χ4v) is 2.28. The number of hydrogen-bond donors (Lipinski definition) is 0. The van der Waals surface area contributed by atoms with E-state index in [0.717, 1.165) is 6.42 Å². The standard InChI is InChI=1S/C18H34O2/c1-6-7-8-9-10-11-12-16(4)17(5)13-14-20-18(19)15(2)3/h16-17H,2,6-14H2,1,3-5H3. The average Bonchev–Trinajstić information content (AvgIpc) is 2.41. The average molecular weight is 282 g/mol. The maximum Gasteiger partial charge on any atom is 0.333 e. The minimum absolute atomic E-state index is 0.263. The first-order valence-corrected chi connectivity index (χ1v) is 8.31. The normalized spacial score (nSPS) is 13.8. The molecule has 0 N–H and O–H groups in total. The third-order valence-electron chi connectivity index (χ3n) is 4.14. The highest BCUT2D eigenvalue weighted by atomic mass is 16.5.